The fourth-order valence-corrected chi connectivity index (χ4v) is 11.3. The second-order valence-electron chi connectivity index (χ2n) is 20.8. The Bertz CT molecular complexity index is 3610. The lowest BCUT2D eigenvalue weighted by molar-refractivity contribution is -0.141. The van der Waals surface area contributed by atoms with E-state index in [1.807, 2.05) is 73.7 Å². The summed E-state index contributed by atoms with van der Waals surface area (Å²) in [5, 5.41) is 7.40. The van der Waals surface area contributed by atoms with Crippen LogP contribution in [0.5, 0.6) is 11.5 Å². The first-order chi connectivity index (χ1) is 39.7. The molecule has 4 atom stereocenters. The Morgan fingerprint density at radius 1 is 0.841 bits per heavy atom. The predicted octanol–water partition coefficient (Wildman–Crippen LogP) is 10.7. The molecule has 3 aromatic carbocycles. The van der Waals surface area contributed by atoms with Crippen LogP contribution in [-0.4, -0.2) is 110 Å². The predicted molar refractivity (Wildman–Crippen MR) is 319 cm³/mol. The Morgan fingerprint density at radius 2 is 1.56 bits per heavy atom. The van der Waals surface area contributed by atoms with Gasteiger partial charge >= 0.3 is 11.9 Å². The van der Waals surface area contributed by atoms with Gasteiger partial charge in [0.05, 0.1) is 51.0 Å². The van der Waals surface area contributed by atoms with Crippen LogP contribution in [0.25, 0.3) is 23.1 Å². The van der Waals surface area contributed by atoms with Gasteiger partial charge < -0.3 is 49.0 Å². The van der Waals surface area contributed by atoms with E-state index < -0.39 is 11.9 Å². The number of aromatic amines is 2. The number of carbonyl (C=O) groups is 3. The highest BCUT2D eigenvalue weighted by molar-refractivity contribution is 6.06. The molecular weight excluding hydrogens is 1040 g/mol. The molecule has 6 heterocycles. The van der Waals surface area contributed by atoms with Gasteiger partial charge in [0, 0.05) is 126 Å². The zero-order chi connectivity index (χ0) is 58.0. The third-order valence-electron chi connectivity index (χ3n) is 15.8. The number of ether oxygens (including phenoxy) is 6. The Hall–Kier alpha value is -8.59. The minimum atomic E-state index is -0.722. The summed E-state index contributed by atoms with van der Waals surface area (Å²) in [6.45, 7) is 16.3. The number of methoxy groups -OCH3 is 4. The van der Waals surface area contributed by atoms with Crippen molar-refractivity contribution in [1.29, 1.82) is 0 Å². The summed E-state index contributed by atoms with van der Waals surface area (Å²) in [7, 11) is 5.98. The normalized spacial score (nSPS) is 17.3. The quantitative estimate of drug-likeness (QED) is 0.0319. The fraction of sp³-hybridized carbons (Fsp3) is 0.369. The molecular formula is C65H72N8O9. The van der Waals surface area contributed by atoms with Crippen LogP contribution >= 0.6 is 0 Å². The van der Waals surface area contributed by atoms with Gasteiger partial charge in [-0.25, -0.2) is 9.97 Å². The lowest BCUT2D eigenvalue weighted by Crippen LogP contribution is -2.29. The van der Waals surface area contributed by atoms with Crippen molar-refractivity contribution in [3.05, 3.63) is 152 Å². The summed E-state index contributed by atoms with van der Waals surface area (Å²) >= 11 is 0. The highest BCUT2D eigenvalue weighted by Gasteiger charge is 2.41. The van der Waals surface area contributed by atoms with Crippen molar-refractivity contribution in [1.82, 2.24) is 25.3 Å². The summed E-state index contributed by atoms with van der Waals surface area (Å²) in [5.74, 6) is 5.98. The number of nitrogens with zero attached hydrogens (tertiary/aromatic N) is 4. The van der Waals surface area contributed by atoms with Crippen LogP contribution in [0.2, 0.25) is 0 Å². The van der Waals surface area contributed by atoms with Crippen LogP contribution in [0, 0.1) is 37.5 Å². The Labute approximate surface area is 479 Å². The zero-order valence-corrected chi connectivity index (χ0v) is 48.3. The summed E-state index contributed by atoms with van der Waals surface area (Å²) in [5.41, 5.74) is 15.2. The molecule has 6 aromatic rings. The molecule has 0 saturated heterocycles. The first-order valence-corrected chi connectivity index (χ1v) is 27.8. The smallest absolute Gasteiger partial charge is 0.306 e. The third kappa shape index (κ3) is 12.8. The number of aliphatic imine (C=N–C) groups is 2. The van der Waals surface area contributed by atoms with Crippen LogP contribution in [0.4, 0.5) is 11.5 Å². The van der Waals surface area contributed by atoms with Gasteiger partial charge in [-0.15, -0.1) is 0 Å². The van der Waals surface area contributed by atoms with E-state index in [2.05, 4.69) is 82.8 Å². The molecule has 8 bridgehead atoms. The van der Waals surface area contributed by atoms with Crippen molar-refractivity contribution in [2.45, 2.75) is 91.6 Å². The highest BCUT2D eigenvalue weighted by atomic mass is 16.6. The van der Waals surface area contributed by atoms with Crippen molar-refractivity contribution in [2.75, 3.05) is 60.2 Å². The molecule has 82 heavy (non-hydrogen) atoms. The van der Waals surface area contributed by atoms with Crippen molar-refractivity contribution in [2.24, 2.45) is 21.8 Å². The maximum absolute atomic E-state index is 15.1. The van der Waals surface area contributed by atoms with E-state index in [0.717, 1.165) is 79.4 Å². The van der Waals surface area contributed by atoms with Gasteiger partial charge in [-0.3, -0.25) is 24.4 Å². The molecule has 3 aliphatic rings. The van der Waals surface area contributed by atoms with Gasteiger partial charge in [-0.1, -0.05) is 56.5 Å². The Balaban J connectivity index is 1.02. The number of H-pyrrole nitrogens is 2. The molecule has 9 rings (SSSR count). The number of nitrogens with one attached hydrogen (secondary N) is 4. The molecule has 17 nitrogen and oxygen atoms in total. The van der Waals surface area contributed by atoms with E-state index in [9.17, 15) is 9.59 Å². The van der Waals surface area contributed by atoms with Crippen LogP contribution in [0.3, 0.4) is 0 Å². The number of rotatable bonds is 20. The molecule has 0 saturated carbocycles. The molecule has 0 radical (unpaired) electrons. The number of benzene rings is 3. The van der Waals surface area contributed by atoms with E-state index in [1.165, 1.54) is 31.7 Å². The van der Waals surface area contributed by atoms with E-state index in [0.29, 0.717) is 85.5 Å². The minimum absolute atomic E-state index is 0.0965. The maximum Gasteiger partial charge on any atom is 0.306 e. The number of allylic oxidation sites excluding steroid dienone is 2. The second kappa shape index (κ2) is 26.3. The number of anilines is 2. The van der Waals surface area contributed by atoms with Crippen LogP contribution < -0.4 is 20.1 Å². The van der Waals surface area contributed by atoms with Crippen molar-refractivity contribution < 1.29 is 42.8 Å². The topological polar surface area (TPSA) is 213 Å². The molecule has 0 spiro atoms. The van der Waals surface area contributed by atoms with Crippen molar-refractivity contribution in [3.63, 3.8) is 0 Å². The molecule has 2 unspecified atom stereocenters. The number of hydrogen-bond donors (Lipinski definition) is 4. The second-order valence-corrected chi connectivity index (χ2v) is 20.8. The summed E-state index contributed by atoms with van der Waals surface area (Å²) < 4.78 is 32.9. The number of aromatic nitrogens is 4. The van der Waals surface area contributed by atoms with E-state index in [4.69, 9.17) is 38.4 Å². The number of esters is 2. The van der Waals surface area contributed by atoms with Gasteiger partial charge in [0.15, 0.2) is 11.5 Å². The van der Waals surface area contributed by atoms with Gasteiger partial charge in [0.2, 0.25) is 0 Å². The molecule has 1 amide bonds. The lowest BCUT2D eigenvalue weighted by atomic mass is 9.79. The molecule has 4 N–H and O–H groups in total. The number of hydrogen-bond acceptors (Lipinski definition) is 14. The molecule has 17 heteroatoms. The van der Waals surface area contributed by atoms with Gasteiger partial charge in [0.25, 0.3) is 5.91 Å². The summed E-state index contributed by atoms with van der Waals surface area (Å²) in [6.07, 6.45) is 7.80. The van der Waals surface area contributed by atoms with Crippen LogP contribution in [0.15, 0.2) is 100 Å². The van der Waals surface area contributed by atoms with E-state index >= 15 is 4.79 Å². The lowest BCUT2D eigenvalue weighted by Gasteiger charge is -2.24. The number of amides is 1. The molecule has 0 fully saturated rings. The monoisotopic (exact) mass is 1110 g/mol. The average Bonchev–Trinajstić information content (AvgIpc) is 3.77. The van der Waals surface area contributed by atoms with Crippen LogP contribution in [-0.2, 0) is 47.9 Å². The highest BCUT2D eigenvalue weighted by Crippen LogP contribution is 2.44. The largest absolute Gasteiger partial charge is 0.487 e. The Morgan fingerprint density at radius 3 is 2.27 bits per heavy atom. The van der Waals surface area contributed by atoms with Crippen molar-refractivity contribution in [3.8, 4) is 23.3 Å². The number of carbonyl (C=O) groups excluding carboxylic acids is 3. The minimum Gasteiger partial charge on any atom is -0.487 e. The molecule has 3 aliphatic heterocycles. The molecule has 0 aliphatic carbocycles. The standard InChI is InChI=1S/C65H72N8O9/c1-11-45-37(3)50-31-52-39(5)47(21-22-59(74)79-9)62(72-52)49(30-60(75)80-10)63-61(40(6)53(73-63)33-56-46(12-2)38(4)51(71-56)32-55(45)70-50)65(76)66-35-43-17-13-15-41(27-43)19-20-42-16-14-18-44(28-42)69-64-48-29-57(81-25-23-77-7)58(82-26-24-78-8)34-54(48)67-36-68-64/h11,13-18,27-29,31,34,36,39,47,49,51,70,73H,1,12,21-26,30,32-33,35H2,2-10H3,(H,66,76)(H,67,68,69)/t39-,47-,49?,51?/m0/s1. The molecule has 3 aromatic heterocycles. The summed E-state index contributed by atoms with van der Waals surface area (Å²) in [6, 6.07) is 19.1. The van der Waals surface area contributed by atoms with Gasteiger partial charge in [-0.05, 0) is 109 Å². The Kier molecular flexibility index (Phi) is 18.7. The SMILES string of the molecule is C=Cc1c2[nH]c(c1C)C=C1N=C(C(CC(=O)OC)c3[nH]c(c(C)c3C(=O)NCc3cccc(C#Cc4cccc(Nc5ncnc6cc(OCCOC)c(OCCOC)cc56)c4)c3)CC3=NC(C2)C(C)=C3CC)[C@@H](CCC(=O)OC)[C@@H]1C. The maximum atomic E-state index is 15.1. The first kappa shape index (κ1) is 58.1. The summed E-state index contributed by atoms with van der Waals surface area (Å²) in [4.78, 5) is 68.8. The van der Waals surface area contributed by atoms with Gasteiger partial charge in [0.1, 0.15) is 25.4 Å². The zero-order valence-electron chi connectivity index (χ0n) is 48.3. The molecule has 426 valence electrons. The number of fused-ring (bicyclic) bond motifs is 7. The van der Waals surface area contributed by atoms with Gasteiger partial charge in [-0.2, -0.15) is 0 Å². The van der Waals surface area contributed by atoms with E-state index in [-0.39, 0.29) is 49.1 Å². The van der Waals surface area contributed by atoms with Crippen molar-refractivity contribution >= 4 is 63.8 Å². The average molecular weight is 1110 g/mol. The van der Waals surface area contributed by atoms with E-state index in [1.54, 1.807) is 14.2 Å². The fourth-order valence-electron chi connectivity index (χ4n) is 11.3. The first-order valence-electron chi connectivity index (χ1n) is 27.8. The van der Waals surface area contributed by atoms with Crippen LogP contribution in [0.1, 0.15) is 119 Å². The third-order valence-corrected chi connectivity index (χ3v) is 15.8.